The molecule has 5 heteroatoms. The van der Waals surface area contributed by atoms with Crippen LogP contribution < -0.4 is 10.1 Å². The molecule has 1 saturated carbocycles. The van der Waals surface area contributed by atoms with Crippen LogP contribution in [0.2, 0.25) is 0 Å². The largest absolute Gasteiger partial charge is 0.494 e. The van der Waals surface area contributed by atoms with Gasteiger partial charge in [0.15, 0.2) is 0 Å². The first-order valence-electron chi connectivity index (χ1n) is 11.6. The molecular weight excluding hydrogens is 374 g/mol. The number of aliphatic imine (C=N–C) groups is 1. The predicted molar refractivity (Wildman–Crippen MR) is 123 cm³/mol. The molecule has 1 N–H and O–H groups in total. The molecule has 1 aromatic carbocycles. The molecule has 30 heavy (non-hydrogen) atoms. The molecule has 2 aliphatic rings. The molecule has 1 unspecified atom stereocenters. The number of rotatable bonds is 10. The molecule has 166 valence electrons. The first kappa shape index (κ1) is 22.8. The maximum atomic E-state index is 10.6. The number of ether oxygens (including phenoxy) is 1. The second-order valence-electron chi connectivity index (χ2n) is 9.29. The van der Waals surface area contributed by atoms with Crippen molar-refractivity contribution in [1.82, 2.24) is 10.2 Å². The quantitative estimate of drug-likeness (QED) is 0.355. The fourth-order valence-electron chi connectivity index (χ4n) is 4.81. The second-order valence-corrected chi connectivity index (χ2v) is 9.29. The van der Waals surface area contributed by atoms with Gasteiger partial charge in [-0.3, -0.25) is 10.3 Å². The number of benzene rings is 1. The minimum absolute atomic E-state index is 0.205. The van der Waals surface area contributed by atoms with Crippen molar-refractivity contribution in [3.63, 3.8) is 0 Å². The van der Waals surface area contributed by atoms with Gasteiger partial charge in [0.05, 0.1) is 12.4 Å². The van der Waals surface area contributed by atoms with E-state index in [0.29, 0.717) is 12.3 Å². The third-order valence-corrected chi connectivity index (χ3v) is 6.83. The summed E-state index contributed by atoms with van der Waals surface area (Å²) in [5.74, 6) is 5.19. The monoisotopic (exact) mass is 413 g/mol. The number of amidine groups is 1. The minimum atomic E-state index is 0.205. The molecule has 1 aliphatic carbocycles. The number of nitrogens with zero attached hydrogens (tertiary/aromatic N) is 2. The van der Waals surface area contributed by atoms with E-state index >= 15 is 0 Å². The number of aldehydes is 1. The van der Waals surface area contributed by atoms with Gasteiger partial charge in [-0.2, -0.15) is 0 Å². The zero-order valence-corrected chi connectivity index (χ0v) is 19.1. The molecule has 3 atom stereocenters. The van der Waals surface area contributed by atoms with Gasteiger partial charge in [0.1, 0.15) is 18.2 Å². The van der Waals surface area contributed by atoms with Gasteiger partial charge < -0.3 is 14.4 Å². The van der Waals surface area contributed by atoms with E-state index in [-0.39, 0.29) is 6.17 Å². The first-order chi connectivity index (χ1) is 14.5. The molecule has 1 aromatic rings. The highest BCUT2D eigenvalue weighted by Crippen LogP contribution is 2.49. The lowest BCUT2D eigenvalue weighted by Gasteiger charge is -2.34. The smallest absolute Gasteiger partial charge is 0.124 e. The number of carbonyl (C=O) groups excluding carboxylic acids is 1. The molecule has 0 aromatic heterocycles. The van der Waals surface area contributed by atoms with Crippen molar-refractivity contribution in [1.29, 1.82) is 0 Å². The summed E-state index contributed by atoms with van der Waals surface area (Å²) in [6.45, 7) is 9.66. The predicted octanol–water partition coefficient (Wildman–Crippen LogP) is 4.16. The summed E-state index contributed by atoms with van der Waals surface area (Å²) in [6.07, 6.45) is 6.72. The first-order valence-corrected chi connectivity index (χ1v) is 11.6. The zero-order chi connectivity index (χ0) is 21.5. The highest BCUT2D eigenvalue weighted by Gasteiger charge is 2.43. The highest BCUT2D eigenvalue weighted by molar-refractivity contribution is 5.80. The van der Waals surface area contributed by atoms with Crippen LogP contribution >= 0.6 is 0 Å². The molecule has 3 rings (SSSR count). The van der Waals surface area contributed by atoms with E-state index in [1.165, 1.54) is 25.1 Å². The van der Waals surface area contributed by atoms with E-state index in [4.69, 9.17) is 9.73 Å². The maximum Gasteiger partial charge on any atom is 0.124 e. The van der Waals surface area contributed by atoms with Crippen LogP contribution in [0.25, 0.3) is 0 Å². The standard InChI is InChI=1S/C25H39N3O2/c1-18(2)25(26-4)27-19(3)28-13-9-21(10-14-28)24-17-22(24)12-16-30-23-7-5-20(6-8-23)11-15-29/h5-8,15,18,21-22,24-26H,9-14,16-17H2,1-4H3/b27-19+/t22-,24-,25?/m1/s1. The van der Waals surface area contributed by atoms with Crippen molar-refractivity contribution in [2.75, 3.05) is 26.7 Å². The number of hydrogen-bond donors (Lipinski definition) is 1. The van der Waals surface area contributed by atoms with Crippen molar-refractivity contribution in [2.24, 2.45) is 28.7 Å². The van der Waals surface area contributed by atoms with E-state index in [9.17, 15) is 4.79 Å². The van der Waals surface area contributed by atoms with Crippen molar-refractivity contribution in [2.45, 2.75) is 59.0 Å². The average Bonchev–Trinajstić information content (AvgIpc) is 3.52. The maximum absolute atomic E-state index is 10.6. The van der Waals surface area contributed by atoms with Crippen LogP contribution in [-0.2, 0) is 11.2 Å². The Balaban J connectivity index is 1.35. The Morgan fingerprint density at radius 2 is 1.97 bits per heavy atom. The zero-order valence-electron chi connectivity index (χ0n) is 19.1. The van der Waals surface area contributed by atoms with E-state index in [0.717, 1.165) is 61.5 Å². The number of likely N-dealkylation sites (tertiary alicyclic amines) is 1. The van der Waals surface area contributed by atoms with Gasteiger partial charge in [0.25, 0.3) is 0 Å². The van der Waals surface area contributed by atoms with Crippen LogP contribution in [0.3, 0.4) is 0 Å². The molecule has 0 radical (unpaired) electrons. The van der Waals surface area contributed by atoms with Crippen LogP contribution in [0.5, 0.6) is 5.75 Å². The third kappa shape index (κ3) is 6.31. The van der Waals surface area contributed by atoms with Crippen LogP contribution in [-0.4, -0.2) is 49.9 Å². The molecule has 0 spiro atoms. The van der Waals surface area contributed by atoms with Crippen LogP contribution in [0.4, 0.5) is 0 Å². The Hall–Kier alpha value is -1.88. The van der Waals surface area contributed by atoms with E-state index in [2.05, 4.69) is 31.0 Å². The van der Waals surface area contributed by atoms with Gasteiger partial charge in [-0.15, -0.1) is 0 Å². The molecule has 0 amide bonds. The Kier molecular flexibility index (Phi) is 8.32. The second kappa shape index (κ2) is 10.9. The molecule has 1 heterocycles. The average molecular weight is 414 g/mol. The SMILES string of the molecule is CNC(/N=C(\C)N1CCC([C@H]2C[C@H]2CCOc2ccc(CC=O)cc2)CC1)C(C)C. The number of piperidine rings is 1. The Bertz CT molecular complexity index is 693. The summed E-state index contributed by atoms with van der Waals surface area (Å²) in [5.41, 5.74) is 1.04. The topological polar surface area (TPSA) is 53.9 Å². The van der Waals surface area contributed by atoms with Gasteiger partial charge in [-0.05, 0) is 81.0 Å². The summed E-state index contributed by atoms with van der Waals surface area (Å²) < 4.78 is 5.92. The highest BCUT2D eigenvalue weighted by atomic mass is 16.5. The van der Waals surface area contributed by atoms with E-state index < -0.39 is 0 Å². The van der Waals surface area contributed by atoms with Crippen molar-refractivity contribution in [3.05, 3.63) is 29.8 Å². The molecule has 2 fully saturated rings. The van der Waals surface area contributed by atoms with Gasteiger partial charge in [-0.25, -0.2) is 0 Å². The summed E-state index contributed by atoms with van der Waals surface area (Å²) in [7, 11) is 1.99. The number of carbonyl (C=O) groups is 1. The van der Waals surface area contributed by atoms with E-state index in [1.54, 1.807) is 0 Å². The molecular formula is C25H39N3O2. The lowest BCUT2D eigenvalue weighted by molar-refractivity contribution is -0.107. The van der Waals surface area contributed by atoms with Crippen LogP contribution in [0.15, 0.2) is 29.3 Å². The molecule has 5 nitrogen and oxygen atoms in total. The van der Waals surface area contributed by atoms with E-state index in [1.807, 2.05) is 31.3 Å². The molecule has 1 aliphatic heterocycles. The fraction of sp³-hybridized carbons (Fsp3) is 0.680. The van der Waals surface area contributed by atoms with Gasteiger partial charge in [0.2, 0.25) is 0 Å². The third-order valence-electron chi connectivity index (χ3n) is 6.83. The van der Waals surface area contributed by atoms with Gasteiger partial charge in [0, 0.05) is 19.5 Å². The minimum Gasteiger partial charge on any atom is -0.494 e. The van der Waals surface area contributed by atoms with Crippen LogP contribution in [0.1, 0.15) is 52.0 Å². The lowest BCUT2D eigenvalue weighted by atomic mass is 9.90. The molecule has 0 bridgehead atoms. The summed E-state index contributed by atoms with van der Waals surface area (Å²) in [5, 5.41) is 3.31. The van der Waals surface area contributed by atoms with Gasteiger partial charge >= 0.3 is 0 Å². The van der Waals surface area contributed by atoms with Gasteiger partial charge in [-0.1, -0.05) is 26.0 Å². The summed E-state index contributed by atoms with van der Waals surface area (Å²) in [4.78, 5) is 17.9. The summed E-state index contributed by atoms with van der Waals surface area (Å²) >= 11 is 0. The Morgan fingerprint density at radius 3 is 2.57 bits per heavy atom. The lowest BCUT2D eigenvalue weighted by Crippen LogP contribution is -2.40. The normalized spacial score (nSPS) is 23.5. The number of nitrogens with one attached hydrogen (secondary N) is 1. The van der Waals surface area contributed by atoms with Crippen molar-refractivity contribution >= 4 is 12.1 Å². The van der Waals surface area contributed by atoms with Crippen LogP contribution in [0, 0.1) is 23.7 Å². The van der Waals surface area contributed by atoms with Crippen molar-refractivity contribution in [3.8, 4) is 5.75 Å². The fourth-order valence-corrected chi connectivity index (χ4v) is 4.81. The Morgan fingerprint density at radius 1 is 1.27 bits per heavy atom. The Labute approximate surface area is 182 Å². The summed E-state index contributed by atoms with van der Waals surface area (Å²) in [6, 6.07) is 7.90. The van der Waals surface area contributed by atoms with Crippen molar-refractivity contribution < 1.29 is 9.53 Å². The number of hydrogen-bond acceptors (Lipinski definition) is 4. The molecule has 1 saturated heterocycles.